The second-order valence-electron chi connectivity index (χ2n) is 5.61. The quantitative estimate of drug-likeness (QED) is 0.853. The van der Waals surface area contributed by atoms with Gasteiger partial charge in [-0.2, -0.15) is 0 Å². The highest BCUT2D eigenvalue weighted by Gasteiger charge is 2.38. The van der Waals surface area contributed by atoms with Gasteiger partial charge < -0.3 is 14.3 Å². The van der Waals surface area contributed by atoms with E-state index in [-0.39, 0.29) is 11.4 Å². The fraction of sp³-hybridized carbons (Fsp3) is 0.400. The predicted octanol–water partition coefficient (Wildman–Crippen LogP) is 2.18. The topological polar surface area (TPSA) is 59.7 Å². The van der Waals surface area contributed by atoms with E-state index in [4.69, 9.17) is 9.15 Å². The molecule has 0 saturated carbocycles. The Balaban J connectivity index is 2.22. The molecular formula is C15H16O4. The van der Waals surface area contributed by atoms with E-state index in [0.29, 0.717) is 23.0 Å². The molecule has 1 unspecified atom stereocenters. The van der Waals surface area contributed by atoms with Crippen molar-refractivity contribution in [2.75, 3.05) is 0 Å². The Morgan fingerprint density at radius 1 is 1.37 bits per heavy atom. The van der Waals surface area contributed by atoms with Crippen LogP contribution in [0.25, 0.3) is 11.0 Å². The minimum Gasteiger partial charge on any atom is -0.458 e. The zero-order valence-corrected chi connectivity index (χ0v) is 11.2. The van der Waals surface area contributed by atoms with Crippen LogP contribution in [0, 0.1) is 6.92 Å². The second kappa shape index (κ2) is 3.84. The first kappa shape index (κ1) is 12.2. The normalized spacial score (nSPS) is 18.4. The van der Waals surface area contributed by atoms with Gasteiger partial charge in [0.05, 0.1) is 16.6 Å². The molecule has 1 aromatic heterocycles. The lowest BCUT2D eigenvalue weighted by Gasteiger charge is -2.23. The number of ether oxygens (including phenoxy) is 1. The molecule has 3 rings (SSSR count). The van der Waals surface area contributed by atoms with E-state index in [2.05, 4.69) is 0 Å². The largest absolute Gasteiger partial charge is 0.458 e. The van der Waals surface area contributed by atoms with Gasteiger partial charge >= 0.3 is 0 Å². The van der Waals surface area contributed by atoms with Crippen molar-refractivity contribution in [3.8, 4) is 5.95 Å². The van der Waals surface area contributed by atoms with Gasteiger partial charge in [-0.1, -0.05) is 12.1 Å². The molecule has 1 N–H and O–H groups in total. The monoisotopic (exact) mass is 260 g/mol. The van der Waals surface area contributed by atoms with E-state index in [1.807, 2.05) is 19.1 Å². The van der Waals surface area contributed by atoms with E-state index in [1.54, 1.807) is 19.9 Å². The smallest absolute Gasteiger partial charge is 0.292 e. The third-order valence-corrected chi connectivity index (χ3v) is 3.61. The summed E-state index contributed by atoms with van der Waals surface area (Å²) in [4.78, 5) is 12.5. The van der Waals surface area contributed by atoms with Crippen LogP contribution in [0.3, 0.4) is 0 Å². The Morgan fingerprint density at radius 3 is 2.79 bits per heavy atom. The molecule has 0 spiro atoms. The van der Waals surface area contributed by atoms with Crippen molar-refractivity contribution in [3.05, 3.63) is 39.5 Å². The number of aryl methyl sites for hydroxylation is 1. The summed E-state index contributed by atoms with van der Waals surface area (Å²) in [5, 5.41) is 10.6. The molecule has 100 valence electrons. The number of hydrogen-bond acceptors (Lipinski definition) is 4. The van der Waals surface area contributed by atoms with Crippen molar-refractivity contribution >= 4 is 11.0 Å². The van der Waals surface area contributed by atoms with Crippen molar-refractivity contribution in [3.63, 3.8) is 0 Å². The lowest BCUT2D eigenvalue weighted by molar-refractivity contribution is -0.0298. The van der Waals surface area contributed by atoms with Crippen LogP contribution in [0.1, 0.15) is 25.0 Å². The first-order chi connectivity index (χ1) is 8.88. The van der Waals surface area contributed by atoms with E-state index in [1.165, 1.54) is 0 Å². The Labute approximate surface area is 110 Å². The van der Waals surface area contributed by atoms with Gasteiger partial charge in [-0.25, -0.2) is 0 Å². The van der Waals surface area contributed by atoms with Crippen molar-refractivity contribution in [1.82, 2.24) is 0 Å². The molecule has 4 heteroatoms. The highest BCUT2D eigenvalue weighted by Crippen LogP contribution is 2.33. The van der Waals surface area contributed by atoms with Gasteiger partial charge in [-0.15, -0.1) is 0 Å². The first-order valence-electron chi connectivity index (χ1n) is 6.32. The average Bonchev–Trinajstić information content (AvgIpc) is 2.73. The minimum absolute atomic E-state index is 0.0545. The number of fused-ring (bicyclic) bond motifs is 2. The predicted molar refractivity (Wildman–Crippen MR) is 71.6 cm³/mol. The molecule has 4 nitrogen and oxygen atoms in total. The van der Waals surface area contributed by atoms with Crippen LogP contribution in [0.5, 0.6) is 5.95 Å². The molecule has 0 bridgehead atoms. The van der Waals surface area contributed by atoms with Gasteiger partial charge in [0, 0.05) is 6.42 Å². The van der Waals surface area contributed by atoms with Crippen LogP contribution < -0.4 is 10.2 Å². The summed E-state index contributed by atoms with van der Waals surface area (Å²) >= 11 is 0. The molecule has 2 heterocycles. The molecule has 1 aliphatic rings. The molecule has 1 atom stereocenters. The fourth-order valence-electron chi connectivity index (χ4n) is 2.44. The maximum atomic E-state index is 12.5. The molecular weight excluding hydrogens is 244 g/mol. The summed E-state index contributed by atoms with van der Waals surface area (Å²) < 4.78 is 11.2. The number of hydrogen-bond donors (Lipinski definition) is 1. The molecule has 2 aromatic rings. The van der Waals surface area contributed by atoms with Crippen LogP contribution >= 0.6 is 0 Å². The number of aliphatic hydroxyl groups is 1. The Hall–Kier alpha value is -1.81. The number of rotatable bonds is 1. The van der Waals surface area contributed by atoms with E-state index in [9.17, 15) is 9.90 Å². The Kier molecular flexibility index (Phi) is 2.47. The molecule has 19 heavy (non-hydrogen) atoms. The molecule has 1 aliphatic heterocycles. The van der Waals surface area contributed by atoms with Gasteiger partial charge in [0.1, 0.15) is 11.7 Å². The van der Waals surface area contributed by atoms with E-state index < -0.39 is 11.7 Å². The summed E-state index contributed by atoms with van der Waals surface area (Å²) in [6.45, 7) is 5.22. The van der Waals surface area contributed by atoms with Gasteiger partial charge in [-0.05, 0) is 32.4 Å². The SMILES string of the molecule is Cc1cccc2oc3c(c(=O)c12)CC(C(C)(C)O)O3. The molecule has 0 fully saturated rings. The Morgan fingerprint density at radius 2 is 2.11 bits per heavy atom. The zero-order chi connectivity index (χ0) is 13.8. The summed E-state index contributed by atoms with van der Waals surface area (Å²) in [6, 6.07) is 5.48. The van der Waals surface area contributed by atoms with Crippen molar-refractivity contribution in [2.45, 2.75) is 38.9 Å². The summed E-state index contributed by atoms with van der Waals surface area (Å²) in [5.74, 6) is 0.246. The highest BCUT2D eigenvalue weighted by molar-refractivity contribution is 5.81. The summed E-state index contributed by atoms with van der Waals surface area (Å²) in [7, 11) is 0. The first-order valence-corrected chi connectivity index (χ1v) is 6.32. The second-order valence-corrected chi connectivity index (χ2v) is 5.61. The van der Waals surface area contributed by atoms with Crippen LogP contribution in [0.15, 0.2) is 27.4 Å². The minimum atomic E-state index is -1.01. The lowest BCUT2D eigenvalue weighted by atomic mass is 9.97. The zero-order valence-electron chi connectivity index (χ0n) is 11.2. The van der Waals surface area contributed by atoms with Gasteiger partial charge in [0.25, 0.3) is 5.95 Å². The third-order valence-electron chi connectivity index (χ3n) is 3.61. The Bertz CT molecular complexity index is 706. The summed E-state index contributed by atoms with van der Waals surface area (Å²) in [5.41, 5.74) is 0.873. The van der Waals surface area contributed by atoms with Crippen molar-refractivity contribution in [2.24, 2.45) is 0 Å². The maximum absolute atomic E-state index is 12.5. The van der Waals surface area contributed by atoms with Crippen LogP contribution in [-0.4, -0.2) is 16.8 Å². The van der Waals surface area contributed by atoms with E-state index >= 15 is 0 Å². The standard InChI is InChI=1S/C15H16O4/c1-8-5-4-6-10-12(8)13(16)9-7-11(15(2,3)17)19-14(9)18-10/h4-6,11,17H,7H2,1-3H3. The van der Waals surface area contributed by atoms with Crippen LogP contribution in [0.4, 0.5) is 0 Å². The van der Waals surface area contributed by atoms with E-state index in [0.717, 1.165) is 5.56 Å². The highest BCUT2D eigenvalue weighted by atomic mass is 16.6. The average molecular weight is 260 g/mol. The maximum Gasteiger partial charge on any atom is 0.292 e. The number of benzene rings is 1. The third kappa shape index (κ3) is 1.83. The molecule has 0 amide bonds. The van der Waals surface area contributed by atoms with Gasteiger partial charge in [0.2, 0.25) is 0 Å². The van der Waals surface area contributed by atoms with Gasteiger partial charge in [0.15, 0.2) is 5.43 Å². The lowest BCUT2D eigenvalue weighted by Crippen LogP contribution is -2.39. The summed E-state index contributed by atoms with van der Waals surface area (Å²) in [6.07, 6.45) is -0.0677. The molecule has 0 radical (unpaired) electrons. The molecule has 1 aromatic carbocycles. The van der Waals surface area contributed by atoms with Crippen LogP contribution in [-0.2, 0) is 6.42 Å². The molecule has 0 aliphatic carbocycles. The fourth-order valence-corrected chi connectivity index (χ4v) is 2.44. The molecule has 0 saturated heterocycles. The van der Waals surface area contributed by atoms with Crippen LogP contribution in [0.2, 0.25) is 0 Å². The van der Waals surface area contributed by atoms with Crippen molar-refractivity contribution < 1.29 is 14.3 Å². The van der Waals surface area contributed by atoms with Gasteiger partial charge in [-0.3, -0.25) is 4.79 Å². The van der Waals surface area contributed by atoms with Crippen molar-refractivity contribution in [1.29, 1.82) is 0 Å².